The number of rotatable bonds is 0. The third kappa shape index (κ3) is 0.905. The third-order valence-corrected chi connectivity index (χ3v) is 2.08. The zero-order valence-electron chi connectivity index (χ0n) is 6.92. The van der Waals surface area contributed by atoms with E-state index in [0.717, 1.165) is 11.5 Å². The van der Waals surface area contributed by atoms with Crippen molar-refractivity contribution in [1.29, 1.82) is 0 Å². The van der Waals surface area contributed by atoms with E-state index >= 15 is 0 Å². The van der Waals surface area contributed by atoms with Crippen molar-refractivity contribution in [2.24, 2.45) is 10.1 Å². The first-order valence-electron chi connectivity index (χ1n) is 4.06. The molecule has 66 valence electrons. The highest BCUT2D eigenvalue weighted by Gasteiger charge is 2.21. The van der Waals surface area contributed by atoms with Gasteiger partial charge in [-0.05, 0) is 12.1 Å². The van der Waals surface area contributed by atoms with Gasteiger partial charge in [0.15, 0.2) is 5.84 Å². The summed E-state index contributed by atoms with van der Waals surface area (Å²) in [6, 6.07) is 3.95. The molecule has 0 bridgehead atoms. The van der Waals surface area contributed by atoms with Crippen LogP contribution in [0.1, 0.15) is 5.69 Å². The second-order valence-corrected chi connectivity index (χ2v) is 2.88. The van der Waals surface area contributed by atoms with Crippen molar-refractivity contribution >= 4 is 12.2 Å². The number of hydrogen-bond acceptors (Lipinski definition) is 4. The minimum absolute atomic E-state index is 0.435. The highest BCUT2D eigenvalue weighted by Crippen LogP contribution is 2.13. The lowest BCUT2D eigenvalue weighted by Gasteiger charge is -2.27. The molecule has 0 atom stereocenters. The van der Waals surface area contributed by atoms with Crippen molar-refractivity contribution in [2.75, 3.05) is 13.5 Å². The fraction of sp³-hybridized carbons (Fsp3) is 0.250. The molecule has 5 nitrogen and oxygen atoms in total. The van der Waals surface area contributed by atoms with Crippen LogP contribution in [-0.2, 0) is 4.74 Å². The van der Waals surface area contributed by atoms with Gasteiger partial charge >= 0.3 is 0 Å². The van der Waals surface area contributed by atoms with Gasteiger partial charge in [-0.2, -0.15) is 5.10 Å². The molecule has 0 spiro atoms. The van der Waals surface area contributed by atoms with Crippen molar-refractivity contribution in [3.63, 3.8) is 0 Å². The van der Waals surface area contributed by atoms with E-state index in [-0.39, 0.29) is 0 Å². The minimum Gasteiger partial charge on any atom is -0.338 e. The van der Waals surface area contributed by atoms with Gasteiger partial charge in [0, 0.05) is 6.20 Å². The summed E-state index contributed by atoms with van der Waals surface area (Å²) in [7, 11) is 0. The summed E-state index contributed by atoms with van der Waals surface area (Å²) in [4.78, 5) is 6.16. The Morgan fingerprint density at radius 1 is 1.46 bits per heavy atom. The average molecular weight is 176 g/mol. The number of aliphatic imine (C=N–C) groups is 1. The first-order chi connectivity index (χ1) is 6.45. The Labute approximate surface area is 74.9 Å². The van der Waals surface area contributed by atoms with Crippen LogP contribution in [0.25, 0.3) is 0 Å². The van der Waals surface area contributed by atoms with E-state index in [4.69, 9.17) is 4.74 Å². The van der Waals surface area contributed by atoms with E-state index in [1.165, 1.54) is 0 Å². The van der Waals surface area contributed by atoms with E-state index in [9.17, 15) is 0 Å². The molecule has 1 aromatic rings. The molecule has 0 saturated carbocycles. The van der Waals surface area contributed by atoms with Gasteiger partial charge in [-0.3, -0.25) is 4.90 Å². The Morgan fingerprint density at radius 3 is 3.46 bits per heavy atom. The Kier molecular flexibility index (Phi) is 1.28. The minimum atomic E-state index is 0.435. The Bertz CT molecular complexity index is 393. The smallest absolute Gasteiger partial charge is 0.159 e. The standard InChI is InChI=1S/C8H8N4O/c1-2-7-8-9-5-13-6-11(8)4-10-12(7)3-1/h1-4H,5-6H2. The predicted octanol–water partition coefficient (Wildman–Crippen LogP) is 0.287. The number of hydrogen-bond donors (Lipinski definition) is 0. The molecule has 0 saturated heterocycles. The molecule has 0 radical (unpaired) electrons. The van der Waals surface area contributed by atoms with E-state index in [1.54, 1.807) is 11.0 Å². The molecule has 0 aliphatic carbocycles. The van der Waals surface area contributed by atoms with Crippen LogP contribution in [0.15, 0.2) is 28.4 Å². The molecular weight excluding hydrogens is 168 g/mol. The van der Waals surface area contributed by atoms with Crippen LogP contribution >= 0.6 is 0 Å². The zero-order chi connectivity index (χ0) is 8.67. The lowest BCUT2D eigenvalue weighted by Crippen LogP contribution is -2.40. The summed E-state index contributed by atoms with van der Waals surface area (Å²) < 4.78 is 6.97. The maximum atomic E-state index is 5.17. The predicted molar refractivity (Wildman–Crippen MR) is 47.5 cm³/mol. The SMILES string of the molecule is C1=Nn2cccc2C2=NCOCN12. The average Bonchev–Trinajstić information content (AvgIpc) is 2.65. The Hall–Kier alpha value is -1.62. The lowest BCUT2D eigenvalue weighted by molar-refractivity contribution is 0.0837. The van der Waals surface area contributed by atoms with Gasteiger partial charge in [0.1, 0.15) is 25.5 Å². The molecule has 0 amide bonds. The molecule has 5 heteroatoms. The Balaban J connectivity index is 2.16. The van der Waals surface area contributed by atoms with Gasteiger partial charge in [-0.1, -0.05) is 0 Å². The molecule has 2 aliphatic rings. The molecule has 0 N–H and O–H groups in total. The molecule has 1 aromatic heterocycles. The van der Waals surface area contributed by atoms with Gasteiger partial charge < -0.3 is 4.74 Å². The quantitative estimate of drug-likeness (QED) is 0.570. The topological polar surface area (TPSA) is 42.1 Å². The molecule has 0 fully saturated rings. The molecule has 3 rings (SSSR count). The first-order valence-corrected chi connectivity index (χ1v) is 4.06. The molecule has 3 heterocycles. The van der Waals surface area contributed by atoms with Crippen molar-refractivity contribution in [2.45, 2.75) is 0 Å². The second kappa shape index (κ2) is 2.43. The molecular formula is C8H8N4O. The van der Waals surface area contributed by atoms with Crippen molar-refractivity contribution in [1.82, 2.24) is 9.58 Å². The van der Waals surface area contributed by atoms with Gasteiger partial charge in [-0.15, -0.1) is 0 Å². The van der Waals surface area contributed by atoms with Crippen LogP contribution in [-0.4, -0.2) is 35.2 Å². The van der Waals surface area contributed by atoms with Crippen molar-refractivity contribution in [3.8, 4) is 0 Å². The molecule has 2 aliphatic heterocycles. The summed E-state index contributed by atoms with van der Waals surface area (Å²) in [5, 5.41) is 4.19. The first kappa shape index (κ1) is 6.85. The molecule has 0 aromatic carbocycles. The highest BCUT2D eigenvalue weighted by molar-refractivity contribution is 6.04. The van der Waals surface area contributed by atoms with Crippen molar-refractivity contribution in [3.05, 3.63) is 24.0 Å². The van der Waals surface area contributed by atoms with E-state index in [1.807, 2.05) is 23.2 Å². The van der Waals surface area contributed by atoms with Gasteiger partial charge in [0.25, 0.3) is 0 Å². The maximum Gasteiger partial charge on any atom is 0.159 e. The van der Waals surface area contributed by atoms with Gasteiger partial charge in [0.2, 0.25) is 0 Å². The van der Waals surface area contributed by atoms with Crippen LogP contribution in [0.5, 0.6) is 0 Å². The largest absolute Gasteiger partial charge is 0.338 e. The van der Waals surface area contributed by atoms with Gasteiger partial charge in [-0.25, -0.2) is 9.67 Å². The van der Waals surface area contributed by atoms with E-state index in [2.05, 4.69) is 10.1 Å². The summed E-state index contributed by atoms with van der Waals surface area (Å²) >= 11 is 0. The van der Waals surface area contributed by atoms with Crippen LogP contribution in [0.3, 0.4) is 0 Å². The van der Waals surface area contributed by atoms with Gasteiger partial charge in [0.05, 0.1) is 0 Å². The fourth-order valence-corrected chi connectivity index (χ4v) is 1.48. The number of ether oxygens (including phenoxy) is 1. The van der Waals surface area contributed by atoms with Crippen LogP contribution < -0.4 is 0 Å². The molecule has 13 heavy (non-hydrogen) atoms. The van der Waals surface area contributed by atoms with E-state index < -0.39 is 0 Å². The van der Waals surface area contributed by atoms with Crippen LogP contribution in [0, 0.1) is 0 Å². The fourth-order valence-electron chi connectivity index (χ4n) is 1.48. The van der Waals surface area contributed by atoms with Crippen molar-refractivity contribution < 1.29 is 4.74 Å². The zero-order valence-corrected chi connectivity index (χ0v) is 6.92. The Morgan fingerprint density at radius 2 is 2.46 bits per heavy atom. The number of nitrogens with zero attached hydrogens (tertiary/aromatic N) is 4. The monoisotopic (exact) mass is 176 g/mol. The summed E-state index contributed by atoms with van der Waals surface area (Å²) in [5.41, 5.74) is 1.02. The summed E-state index contributed by atoms with van der Waals surface area (Å²) in [5.74, 6) is 0.936. The van der Waals surface area contributed by atoms with E-state index in [0.29, 0.717) is 13.5 Å². The highest BCUT2D eigenvalue weighted by atomic mass is 16.5. The van der Waals surface area contributed by atoms with Crippen LogP contribution in [0.4, 0.5) is 0 Å². The second-order valence-electron chi connectivity index (χ2n) is 2.88. The maximum absolute atomic E-state index is 5.17. The number of fused-ring (bicyclic) bond motifs is 3. The number of amidine groups is 1. The third-order valence-electron chi connectivity index (χ3n) is 2.08. The lowest BCUT2D eigenvalue weighted by atomic mass is 10.3. The number of aromatic nitrogens is 1. The molecule has 0 unspecified atom stereocenters. The normalized spacial score (nSPS) is 19.4. The van der Waals surface area contributed by atoms with Crippen LogP contribution in [0.2, 0.25) is 0 Å². The summed E-state index contributed by atoms with van der Waals surface area (Å²) in [6.07, 6.45) is 3.63. The summed E-state index contributed by atoms with van der Waals surface area (Å²) in [6.45, 7) is 0.971.